The summed E-state index contributed by atoms with van der Waals surface area (Å²) in [6.45, 7) is 4.60. The molecule has 3 aromatic rings. The van der Waals surface area contributed by atoms with Gasteiger partial charge in [-0.15, -0.1) is 0 Å². The summed E-state index contributed by atoms with van der Waals surface area (Å²) in [7, 11) is -4.22. The number of ether oxygens (including phenoxy) is 1. The molecule has 36 heavy (non-hydrogen) atoms. The number of benzene rings is 2. The number of carbonyl (C=O) groups is 1. The second kappa shape index (κ2) is 12.6. The predicted molar refractivity (Wildman–Crippen MR) is 128 cm³/mol. The van der Waals surface area contributed by atoms with Gasteiger partial charge in [0.1, 0.15) is 21.8 Å². The summed E-state index contributed by atoms with van der Waals surface area (Å²) in [5.41, 5.74) is 1.22. The van der Waals surface area contributed by atoms with Crippen molar-refractivity contribution in [3.8, 4) is 11.8 Å². The van der Waals surface area contributed by atoms with E-state index < -0.39 is 27.7 Å². The van der Waals surface area contributed by atoms with Gasteiger partial charge in [-0.3, -0.25) is 0 Å². The second-order valence-electron chi connectivity index (χ2n) is 7.65. The Labute approximate surface area is 230 Å². The van der Waals surface area contributed by atoms with Crippen LogP contribution in [0.3, 0.4) is 0 Å². The molecule has 1 heterocycles. The number of hydrogen-bond acceptors (Lipinski definition) is 9. The van der Waals surface area contributed by atoms with Crippen LogP contribution in [0.5, 0.6) is 5.75 Å². The molecule has 0 aliphatic rings. The van der Waals surface area contributed by atoms with Crippen molar-refractivity contribution in [2.24, 2.45) is 5.92 Å². The molecule has 182 valence electrons. The number of halogens is 1. The first-order valence-electron chi connectivity index (χ1n) is 10.4. The molecule has 0 spiro atoms. The zero-order valence-electron chi connectivity index (χ0n) is 20.1. The minimum atomic E-state index is -4.22. The molecule has 13 heteroatoms. The summed E-state index contributed by atoms with van der Waals surface area (Å²) in [6, 6.07) is 12.8. The third-order valence-electron chi connectivity index (χ3n) is 4.59. The van der Waals surface area contributed by atoms with Crippen LogP contribution in [0, 0.1) is 30.0 Å². The Balaban J connectivity index is 0.00000456. The maximum Gasteiger partial charge on any atom is 1.00 e. The topological polar surface area (TPSA) is 148 Å². The minimum absolute atomic E-state index is 0. The zero-order chi connectivity index (χ0) is 25.6. The quantitative estimate of drug-likeness (QED) is 0.401. The summed E-state index contributed by atoms with van der Waals surface area (Å²) in [5.74, 6) is -1.65. The van der Waals surface area contributed by atoms with Gasteiger partial charge in [0, 0.05) is 11.4 Å². The fraction of sp³-hybridized carbons (Fsp3) is 0.217. The number of carbonyl (C=O) groups excluding carboxylic acids is 1. The van der Waals surface area contributed by atoms with Crippen LogP contribution < -0.4 is 44.9 Å². The van der Waals surface area contributed by atoms with Gasteiger partial charge in [-0.05, 0) is 54.8 Å². The number of nitrogens with zero attached hydrogens (tertiary/aromatic N) is 4. The van der Waals surface area contributed by atoms with Crippen molar-refractivity contribution in [2.45, 2.75) is 25.7 Å². The molecular formula is C23H22FN6NaO4S. The van der Waals surface area contributed by atoms with Gasteiger partial charge in [-0.2, -0.15) is 10.2 Å². The number of aryl methyl sites for hydroxylation is 1. The van der Waals surface area contributed by atoms with Crippen molar-refractivity contribution in [2.75, 3.05) is 17.2 Å². The number of hydrogen-bond donors (Lipinski definition) is 2. The summed E-state index contributed by atoms with van der Waals surface area (Å²) in [4.78, 5) is 19.7. The second-order valence-corrected chi connectivity index (χ2v) is 9.22. The number of nitrogens with one attached hydrogen (secondary N) is 2. The van der Waals surface area contributed by atoms with Gasteiger partial charge in [-0.1, -0.05) is 19.9 Å². The monoisotopic (exact) mass is 520 g/mol. The summed E-state index contributed by atoms with van der Waals surface area (Å²) < 4.78 is 48.1. The molecule has 2 N–H and O–H groups in total. The first-order chi connectivity index (χ1) is 16.6. The van der Waals surface area contributed by atoms with E-state index in [1.807, 2.05) is 6.07 Å². The first kappa shape index (κ1) is 29.0. The molecule has 1 amide bonds. The van der Waals surface area contributed by atoms with Gasteiger partial charge in [-0.25, -0.2) is 17.8 Å². The van der Waals surface area contributed by atoms with E-state index in [9.17, 15) is 17.6 Å². The van der Waals surface area contributed by atoms with Crippen molar-refractivity contribution >= 4 is 39.1 Å². The number of rotatable bonds is 9. The van der Waals surface area contributed by atoms with Crippen molar-refractivity contribution in [1.29, 1.82) is 5.26 Å². The molecule has 0 fully saturated rings. The smallest absolute Gasteiger partial charge is 0.542 e. The van der Waals surface area contributed by atoms with E-state index in [-0.39, 0.29) is 52.8 Å². The van der Waals surface area contributed by atoms with Gasteiger partial charge < -0.3 is 24.9 Å². The molecule has 0 unspecified atom stereocenters. The Kier molecular flexibility index (Phi) is 10.2. The zero-order valence-corrected chi connectivity index (χ0v) is 22.9. The number of sulfonamides is 1. The number of anilines is 4. The van der Waals surface area contributed by atoms with Gasteiger partial charge in [0.05, 0.1) is 17.0 Å². The SMILES string of the molecule is Cc1ccc(Nc2ncc(F)c(Nc3ccc(OCC#N)cc3)n2)cc1S(=O)(=O)[N-]C(=O)C(C)C.[Na+]. The number of amides is 1. The standard InChI is InChI=1S/C23H23FN6O4S.Na/c1-14(2)22(31)30-35(32,33)20-12-17(5-4-15(20)3)28-23-26-13-19(24)21(29-23)27-16-6-8-18(9-7-16)34-11-10-25;/h4-9,12-14H,11H2,1-3H3,(H3,26,27,28,29,30,31);/q;+1/p-1. The Morgan fingerprint density at radius 1 is 1.17 bits per heavy atom. The van der Waals surface area contributed by atoms with E-state index in [1.165, 1.54) is 6.07 Å². The largest absolute Gasteiger partial charge is 1.00 e. The van der Waals surface area contributed by atoms with Crippen LogP contribution in [-0.4, -0.2) is 30.9 Å². The Bertz CT molecular complexity index is 1380. The molecule has 0 aliphatic carbocycles. The molecule has 10 nitrogen and oxygen atoms in total. The molecule has 0 atom stereocenters. The maximum absolute atomic E-state index is 14.3. The van der Waals surface area contributed by atoms with Gasteiger partial charge in [0.15, 0.2) is 18.2 Å². The van der Waals surface area contributed by atoms with Crippen molar-refractivity contribution < 1.29 is 51.9 Å². The molecular weight excluding hydrogens is 498 g/mol. The normalized spacial score (nSPS) is 10.7. The van der Waals surface area contributed by atoms with Gasteiger partial charge in [0.25, 0.3) is 0 Å². The fourth-order valence-electron chi connectivity index (χ4n) is 2.76. The van der Waals surface area contributed by atoms with Crippen LogP contribution in [-0.2, 0) is 14.8 Å². The molecule has 0 saturated carbocycles. The Hall–Kier alpha value is -3.24. The van der Waals surface area contributed by atoms with Crippen LogP contribution in [0.25, 0.3) is 4.72 Å². The molecule has 0 aliphatic heterocycles. The van der Waals surface area contributed by atoms with Crippen LogP contribution in [0.2, 0.25) is 0 Å². The third-order valence-corrected chi connectivity index (χ3v) is 6.01. The van der Waals surface area contributed by atoms with Gasteiger partial charge >= 0.3 is 29.6 Å². The van der Waals surface area contributed by atoms with E-state index in [2.05, 4.69) is 25.3 Å². The fourth-order valence-corrected chi connectivity index (χ4v) is 4.06. The average Bonchev–Trinajstić information content (AvgIpc) is 2.81. The number of nitriles is 1. The predicted octanol–water partition coefficient (Wildman–Crippen LogP) is 1.56. The van der Waals surface area contributed by atoms with E-state index in [0.717, 1.165) is 6.20 Å². The summed E-state index contributed by atoms with van der Waals surface area (Å²) in [6.07, 6.45) is 0.963. The number of aromatic nitrogens is 2. The van der Waals surface area contributed by atoms with Crippen LogP contribution in [0.1, 0.15) is 19.4 Å². The minimum Gasteiger partial charge on any atom is -0.542 e. The van der Waals surface area contributed by atoms with E-state index in [1.54, 1.807) is 57.2 Å². The van der Waals surface area contributed by atoms with Crippen molar-refractivity contribution in [3.63, 3.8) is 0 Å². The molecule has 2 aromatic carbocycles. The molecule has 1 aromatic heterocycles. The van der Waals surface area contributed by atoms with E-state index in [4.69, 9.17) is 10.00 Å². The first-order valence-corrected chi connectivity index (χ1v) is 11.8. The average molecular weight is 521 g/mol. The van der Waals surface area contributed by atoms with E-state index >= 15 is 0 Å². The van der Waals surface area contributed by atoms with Crippen LogP contribution in [0.15, 0.2) is 53.6 Å². The van der Waals surface area contributed by atoms with E-state index in [0.29, 0.717) is 22.7 Å². The molecule has 0 bridgehead atoms. The molecule has 0 radical (unpaired) electrons. The molecule has 0 saturated heterocycles. The molecule has 3 rings (SSSR count). The van der Waals surface area contributed by atoms with Crippen LogP contribution >= 0.6 is 0 Å². The Morgan fingerprint density at radius 3 is 2.47 bits per heavy atom. The summed E-state index contributed by atoms with van der Waals surface area (Å²) in [5, 5.41) is 14.2. The Morgan fingerprint density at radius 2 is 1.83 bits per heavy atom. The third kappa shape index (κ3) is 7.63. The van der Waals surface area contributed by atoms with Crippen molar-refractivity contribution in [3.05, 3.63) is 64.8 Å². The van der Waals surface area contributed by atoms with Crippen LogP contribution in [0.4, 0.5) is 27.5 Å². The summed E-state index contributed by atoms with van der Waals surface area (Å²) >= 11 is 0. The van der Waals surface area contributed by atoms with Gasteiger partial charge in [0.2, 0.25) is 5.95 Å². The van der Waals surface area contributed by atoms with Crippen molar-refractivity contribution in [1.82, 2.24) is 9.97 Å². The maximum atomic E-state index is 14.3.